The van der Waals surface area contributed by atoms with Crippen molar-refractivity contribution in [3.05, 3.63) is 38.7 Å². The van der Waals surface area contributed by atoms with Crippen molar-refractivity contribution < 1.29 is 9.52 Å². The molecule has 1 N–H and O–H groups in total. The van der Waals surface area contributed by atoms with Crippen LogP contribution in [0.2, 0.25) is 0 Å². The third-order valence-corrected chi connectivity index (χ3v) is 3.78. The lowest BCUT2D eigenvalue weighted by Crippen LogP contribution is -2.20. The van der Waals surface area contributed by atoms with E-state index >= 15 is 0 Å². The fraction of sp³-hybridized carbons (Fsp3) is 0.438. The third kappa shape index (κ3) is 2.43. The summed E-state index contributed by atoms with van der Waals surface area (Å²) in [7, 11) is 3.95. The summed E-state index contributed by atoms with van der Waals surface area (Å²) in [5, 5.41) is 10.9. The number of fused-ring (bicyclic) bond motifs is 1. The highest BCUT2D eigenvalue weighted by Gasteiger charge is 2.16. The molecule has 0 spiro atoms. The first-order chi connectivity index (χ1) is 9.32. The maximum absolute atomic E-state index is 12.1. The molecule has 0 fully saturated rings. The fourth-order valence-electron chi connectivity index (χ4n) is 2.46. The number of benzene rings is 1. The molecule has 0 saturated heterocycles. The van der Waals surface area contributed by atoms with Crippen LogP contribution in [0.3, 0.4) is 0 Å². The largest absolute Gasteiger partial charge is 0.507 e. The van der Waals surface area contributed by atoms with E-state index in [2.05, 4.69) is 0 Å². The lowest BCUT2D eigenvalue weighted by atomic mass is 9.99. The van der Waals surface area contributed by atoms with Crippen LogP contribution in [0.1, 0.15) is 22.3 Å². The molecule has 1 heterocycles. The molecule has 2 aromatic rings. The van der Waals surface area contributed by atoms with Crippen molar-refractivity contribution >= 4 is 11.0 Å². The quantitative estimate of drug-likeness (QED) is 0.875. The van der Waals surface area contributed by atoms with Gasteiger partial charge in [0.15, 0.2) is 0 Å². The number of phenolic OH excluding ortho intramolecular Hbond substituents is 1. The van der Waals surface area contributed by atoms with Gasteiger partial charge in [0.1, 0.15) is 11.3 Å². The van der Waals surface area contributed by atoms with E-state index in [9.17, 15) is 9.90 Å². The summed E-state index contributed by atoms with van der Waals surface area (Å²) in [6.45, 7) is 6.37. The number of nitrogens with zero attached hydrogens (tertiary/aromatic N) is 1. The van der Waals surface area contributed by atoms with E-state index in [1.54, 1.807) is 6.92 Å². The molecule has 4 nitrogen and oxygen atoms in total. The standard InChI is InChI=1S/C16H21NO3/c1-9-8-13-10(2)12(6-7-17(4)5)16(19)20-15(13)11(3)14(9)18/h8,18H,6-7H2,1-5H3. The minimum atomic E-state index is -0.303. The van der Waals surface area contributed by atoms with Crippen LogP contribution in [-0.2, 0) is 6.42 Å². The Bertz CT molecular complexity index is 714. The first kappa shape index (κ1) is 14.6. The molecule has 0 radical (unpaired) electrons. The number of hydrogen-bond acceptors (Lipinski definition) is 4. The maximum atomic E-state index is 12.1. The summed E-state index contributed by atoms with van der Waals surface area (Å²) in [5.41, 5.74) is 3.28. The predicted octanol–water partition coefficient (Wildman–Crippen LogP) is 2.53. The Hall–Kier alpha value is -1.81. The Morgan fingerprint density at radius 3 is 2.45 bits per heavy atom. The van der Waals surface area contributed by atoms with Gasteiger partial charge < -0.3 is 14.4 Å². The van der Waals surface area contributed by atoms with Crippen LogP contribution in [0.5, 0.6) is 5.75 Å². The highest BCUT2D eigenvalue weighted by Crippen LogP contribution is 2.31. The molecule has 0 atom stereocenters. The van der Waals surface area contributed by atoms with Crippen molar-refractivity contribution in [3.8, 4) is 5.75 Å². The molecule has 108 valence electrons. The fourth-order valence-corrected chi connectivity index (χ4v) is 2.46. The molecule has 4 heteroatoms. The first-order valence-electron chi connectivity index (χ1n) is 6.73. The molecule has 0 unspecified atom stereocenters. The zero-order chi connectivity index (χ0) is 15.0. The van der Waals surface area contributed by atoms with E-state index in [4.69, 9.17) is 4.42 Å². The average molecular weight is 275 g/mol. The molecule has 0 aliphatic carbocycles. The van der Waals surface area contributed by atoms with Gasteiger partial charge in [0.2, 0.25) is 0 Å². The Morgan fingerprint density at radius 2 is 1.85 bits per heavy atom. The summed E-state index contributed by atoms with van der Waals surface area (Å²) in [6.07, 6.45) is 0.663. The molecule has 0 amide bonds. The summed E-state index contributed by atoms with van der Waals surface area (Å²) >= 11 is 0. The van der Waals surface area contributed by atoms with Gasteiger partial charge in [-0.2, -0.15) is 0 Å². The van der Waals surface area contributed by atoms with Crippen LogP contribution in [0.15, 0.2) is 15.3 Å². The summed E-state index contributed by atoms with van der Waals surface area (Å²) in [5.74, 6) is 0.195. The third-order valence-electron chi connectivity index (χ3n) is 3.78. The van der Waals surface area contributed by atoms with E-state index in [1.807, 2.05) is 38.9 Å². The summed E-state index contributed by atoms with van der Waals surface area (Å²) in [4.78, 5) is 14.2. The number of likely N-dealkylation sites (N-methyl/N-ethyl adjacent to an activating group) is 1. The topological polar surface area (TPSA) is 53.7 Å². The van der Waals surface area contributed by atoms with E-state index in [-0.39, 0.29) is 11.4 Å². The molecule has 20 heavy (non-hydrogen) atoms. The van der Waals surface area contributed by atoms with E-state index in [0.29, 0.717) is 17.6 Å². The lowest BCUT2D eigenvalue weighted by Gasteiger charge is -2.13. The first-order valence-corrected chi connectivity index (χ1v) is 6.73. The minimum absolute atomic E-state index is 0.195. The SMILES string of the molecule is Cc1cc2c(C)c(CCN(C)C)c(=O)oc2c(C)c1O. The highest BCUT2D eigenvalue weighted by molar-refractivity contribution is 5.86. The molecular weight excluding hydrogens is 254 g/mol. The normalized spacial score (nSPS) is 11.5. The molecule has 0 saturated carbocycles. The summed E-state index contributed by atoms with van der Waals surface area (Å²) in [6, 6.07) is 1.88. The molecule has 1 aromatic heterocycles. The number of rotatable bonds is 3. The van der Waals surface area contributed by atoms with Gasteiger partial charge in [-0.15, -0.1) is 0 Å². The second-order valence-electron chi connectivity index (χ2n) is 5.59. The minimum Gasteiger partial charge on any atom is -0.507 e. The van der Waals surface area contributed by atoms with Gasteiger partial charge in [0, 0.05) is 23.1 Å². The van der Waals surface area contributed by atoms with Gasteiger partial charge >= 0.3 is 5.63 Å². The monoisotopic (exact) mass is 275 g/mol. The van der Waals surface area contributed by atoms with Crippen molar-refractivity contribution in [1.82, 2.24) is 4.90 Å². The Kier molecular flexibility index (Phi) is 3.86. The maximum Gasteiger partial charge on any atom is 0.339 e. The van der Waals surface area contributed by atoms with E-state index in [0.717, 1.165) is 28.6 Å². The van der Waals surface area contributed by atoms with Crippen LogP contribution in [-0.4, -0.2) is 30.6 Å². The predicted molar refractivity (Wildman–Crippen MR) is 80.6 cm³/mol. The van der Waals surface area contributed by atoms with Gasteiger partial charge in [-0.1, -0.05) is 0 Å². The van der Waals surface area contributed by atoms with Crippen LogP contribution in [0.25, 0.3) is 11.0 Å². The van der Waals surface area contributed by atoms with Gasteiger partial charge in [0.05, 0.1) is 0 Å². The molecular formula is C16H21NO3. The molecule has 0 bridgehead atoms. The number of phenols is 1. The summed E-state index contributed by atoms with van der Waals surface area (Å²) < 4.78 is 5.44. The Balaban J connectivity index is 2.70. The number of aromatic hydroxyl groups is 1. The second kappa shape index (κ2) is 5.29. The van der Waals surface area contributed by atoms with Crippen LogP contribution >= 0.6 is 0 Å². The molecule has 1 aromatic carbocycles. The lowest BCUT2D eigenvalue weighted by molar-refractivity contribution is 0.409. The van der Waals surface area contributed by atoms with E-state index < -0.39 is 0 Å². The molecule has 0 aliphatic heterocycles. The van der Waals surface area contributed by atoms with Crippen LogP contribution in [0, 0.1) is 20.8 Å². The zero-order valence-corrected chi connectivity index (χ0v) is 12.7. The smallest absolute Gasteiger partial charge is 0.339 e. The molecule has 2 rings (SSSR count). The number of hydrogen-bond donors (Lipinski definition) is 1. The van der Waals surface area contributed by atoms with E-state index in [1.165, 1.54) is 0 Å². The van der Waals surface area contributed by atoms with Crippen LogP contribution in [0.4, 0.5) is 0 Å². The average Bonchev–Trinajstić information content (AvgIpc) is 2.37. The van der Waals surface area contributed by atoms with Gasteiger partial charge in [-0.3, -0.25) is 0 Å². The van der Waals surface area contributed by atoms with Crippen molar-refractivity contribution in [1.29, 1.82) is 0 Å². The van der Waals surface area contributed by atoms with Crippen molar-refractivity contribution in [2.45, 2.75) is 27.2 Å². The molecule has 0 aliphatic rings. The second-order valence-corrected chi connectivity index (χ2v) is 5.59. The number of aryl methyl sites for hydroxylation is 3. The van der Waals surface area contributed by atoms with Gasteiger partial charge in [0.25, 0.3) is 0 Å². The van der Waals surface area contributed by atoms with Gasteiger partial charge in [-0.25, -0.2) is 4.79 Å². The highest BCUT2D eigenvalue weighted by atomic mass is 16.4. The van der Waals surface area contributed by atoms with Gasteiger partial charge in [-0.05, 0) is 58.5 Å². The van der Waals surface area contributed by atoms with Crippen molar-refractivity contribution in [2.24, 2.45) is 0 Å². The Morgan fingerprint density at radius 1 is 1.20 bits per heavy atom. The Labute approximate surface area is 118 Å². The van der Waals surface area contributed by atoms with Crippen molar-refractivity contribution in [2.75, 3.05) is 20.6 Å². The van der Waals surface area contributed by atoms with Crippen molar-refractivity contribution in [3.63, 3.8) is 0 Å². The van der Waals surface area contributed by atoms with Crippen LogP contribution < -0.4 is 5.63 Å². The zero-order valence-electron chi connectivity index (χ0n) is 12.7.